The van der Waals surface area contributed by atoms with Gasteiger partial charge in [0.2, 0.25) is 0 Å². The van der Waals surface area contributed by atoms with Gasteiger partial charge < -0.3 is 10.5 Å². The van der Waals surface area contributed by atoms with Gasteiger partial charge in [0.15, 0.2) is 0 Å². The first kappa shape index (κ1) is 10.9. The van der Waals surface area contributed by atoms with Crippen molar-refractivity contribution in [2.45, 2.75) is 0 Å². The summed E-state index contributed by atoms with van der Waals surface area (Å²) >= 11 is 0. The molecular weight excluding hydrogens is 218 g/mol. The molecule has 2 N–H and O–H groups in total. The second-order valence-corrected chi connectivity index (χ2v) is 3.11. The lowest BCUT2D eigenvalue weighted by Crippen LogP contribution is -1.96. The van der Waals surface area contributed by atoms with Crippen molar-refractivity contribution in [3.05, 3.63) is 48.8 Å². The van der Waals surface area contributed by atoms with Gasteiger partial charge in [-0.3, -0.25) is 0 Å². The molecule has 0 atom stereocenters. The van der Waals surface area contributed by atoms with Crippen LogP contribution in [-0.2, 0) is 0 Å². The standard InChI is InChI=1S/C6H5N3O.C5H6N2/c10-9-6-4-2-1-3-5(6)7-8-9;1-2-4-7-5-6-3-1/h1-4,10H;1-5H,(H,6,7). The zero-order chi connectivity index (χ0) is 11.9. The number of benzene rings is 1. The van der Waals surface area contributed by atoms with E-state index in [2.05, 4.69) is 20.6 Å². The minimum absolute atomic E-state index is 0.627. The molecular formula is C11H11N5O. The van der Waals surface area contributed by atoms with Crippen LogP contribution in [0.1, 0.15) is 0 Å². The third kappa shape index (κ3) is 2.91. The Morgan fingerprint density at radius 2 is 2.06 bits per heavy atom. The average molecular weight is 229 g/mol. The summed E-state index contributed by atoms with van der Waals surface area (Å²) in [6.45, 7) is 0. The summed E-state index contributed by atoms with van der Waals surface area (Å²) < 4.78 is 0. The highest BCUT2D eigenvalue weighted by atomic mass is 16.5. The molecule has 0 saturated carbocycles. The highest BCUT2D eigenvalue weighted by Gasteiger charge is 1.98. The summed E-state index contributed by atoms with van der Waals surface area (Å²) in [6, 6.07) is 7.19. The summed E-state index contributed by atoms with van der Waals surface area (Å²) in [5, 5.41) is 18.9. The lowest BCUT2D eigenvalue weighted by Gasteiger charge is -1.85. The minimum atomic E-state index is 0.627. The van der Waals surface area contributed by atoms with Crippen molar-refractivity contribution in [2.75, 3.05) is 0 Å². The van der Waals surface area contributed by atoms with Crippen LogP contribution in [0.5, 0.6) is 0 Å². The molecule has 1 aliphatic heterocycles. The molecule has 2 aromatic rings. The molecule has 2 heterocycles. The topological polar surface area (TPSA) is 75.3 Å². The maximum atomic E-state index is 8.95. The third-order valence-corrected chi connectivity index (χ3v) is 1.96. The van der Waals surface area contributed by atoms with Gasteiger partial charge in [0.1, 0.15) is 11.0 Å². The summed E-state index contributed by atoms with van der Waals surface area (Å²) in [5.74, 6) is 0. The van der Waals surface area contributed by atoms with Gasteiger partial charge in [-0.05, 0) is 29.5 Å². The average Bonchev–Trinajstić information content (AvgIpc) is 2.62. The first-order valence-electron chi connectivity index (χ1n) is 4.97. The van der Waals surface area contributed by atoms with Crippen molar-refractivity contribution in [1.82, 2.24) is 20.5 Å². The number of aliphatic imine (C=N–C) groups is 1. The lowest BCUT2D eigenvalue weighted by atomic mass is 10.3. The van der Waals surface area contributed by atoms with E-state index in [0.29, 0.717) is 11.0 Å². The van der Waals surface area contributed by atoms with Gasteiger partial charge in [0, 0.05) is 12.4 Å². The van der Waals surface area contributed by atoms with Gasteiger partial charge in [0.25, 0.3) is 0 Å². The maximum Gasteiger partial charge on any atom is 0.130 e. The van der Waals surface area contributed by atoms with E-state index in [1.165, 1.54) is 0 Å². The molecule has 17 heavy (non-hydrogen) atoms. The Labute approximate surface area is 97.5 Å². The van der Waals surface area contributed by atoms with Crippen LogP contribution in [0.3, 0.4) is 0 Å². The summed E-state index contributed by atoms with van der Waals surface area (Å²) in [7, 11) is 0. The Morgan fingerprint density at radius 3 is 2.94 bits per heavy atom. The van der Waals surface area contributed by atoms with E-state index in [1.807, 2.05) is 30.5 Å². The van der Waals surface area contributed by atoms with Crippen LogP contribution in [0.2, 0.25) is 0 Å². The number of rotatable bonds is 0. The molecule has 1 aromatic heterocycles. The number of fused-ring (bicyclic) bond motifs is 1. The second kappa shape index (κ2) is 5.45. The van der Waals surface area contributed by atoms with E-state index in [4.69, 9.17) is 5.21 Å². The second-order valence-electron chi connectivity index (χ2n) is 3.11. The smallest absolute Gasteiger partial charge is 0.130 e. The molecule has 3 rings (SSSR count). The number of nitrogens with zero attached hydrogens (tertiary/aromatic N) is 4. The first-order valence-corrected chi connectivity index (χ1v) is 4.97. The summed E-state index contributed by atoms with van der Waals surface area (Å²) in [5.41, 5.74) is 1.33. The van der Waals surface area contributed by atoms with Crippen molar-refractivity contribution in [3.63, 3.8) is 0 Å². The lowest BCUT2D eigenvalue weighted by molar-refractivity contribution is 0.155. The highest BCUT2D eigenvalue weighted by Crippen LogP contribution is 2.06. The molecule has 0 fully saturated rings. The SMILES string of the molecule is C1=CN=CNC=C1.On1nnc2ccccc21. The largest absolute Gasteiger partial charge is 0.410 e. The molecule has 0 spiro atoms. The normalized spacial score (nSPS) is 12.7. The zero-order valence-corrected chi connectivity index (χ0v) is 8.93. The number of hydrogen-bond acceptors (Lipinski definition) is 5. The van der Waals surface area contributed by atoms with Gasteiger partial charge in [-0.2, -0.15) is 0 Å². The maximum absolute atomic E-state index is 8.95. The Kier molecular flexibility index (Phi) is 3.49. The number of para-hydroxylation sites is 1. The fourth-order valence-corrected chi connectivity index (χ4v) is 1.20. The highest BCUT2D eigenvalue weighted by molar-refractivity contribution is 5.73. The molecule has 0 amide bonds. The Balaban J connectivity index is 0.000000136. The van der Waals surface area contributed by atoms with E-state index in [9.17, 15) is 0 Å². The Hall–Kier alpha value is -2.63. The molecule has 0 unspecified atom stereocenters. The Bertz CT molecular complexity index is 556. The van der Waals surface area contributed by atoms with Crippen molar-refractivity contribution in [1.29, 1.82) is 0 Å². The van der Waals surface area contributed by atoms with Crippen LogP contribution in [0.15, 0.2) is 53.8 Å². The van der Waals surface area contributed by atoms with E-state index in [1.54, 1.807) is 24.7 Å². The van der Waals surface area contributed by atoms with Crippen LogP contribution < -0.4 is 5.32 Å². The van der Waals surface area contributed by atoms with Gasteiger partial charge in [-0.25, -0.2) is 4.99 Å². The van der Waals surface area contributed by atoms with Crippen LogP contribution in [0, 0.1) is 0 Å². The number of nitrogens with one attached hydrogen (secondary N) is 1. The third-order valence-electron chi connectivity index (χ3n) is 1.96. The van der Waals surface area contributed by atoms with Crippen LogP contribution >= 0.6 is 0 Å². The Morgan fingerprint density at radius 1 is 1.18 bits per heavy atom. The number of aromatic nitrogens is 3. The molecule has 86 valence electrons. The molecule has 0 radical (unpaired) electrons. The van der Waals surface area contributed by atoms with Crippen molar-refractivity contribution < 1.29 is 5.21 Å². The van der Waals surface area contributed by atoms with E-state index >= 15 is 0 Å². The molecule has 0 bridgehead atoms. The van der Waals surface area contributed by atoms with Crippen molar-refractivity contribution >= 4 is 17.4 Å². The van der Waals surface area contributed by atoms with Crippen LogP contribution in [0.25, 0.3) is 11.0 Å². The van der Waals surface area contributed by atoms with Gasteiger partial charge in [-0.1, -0.05) is 17.0 Å². The monoisotopic (exact) mass is 229 g/mol. The predicted octanol–water partition coefficient (Wildman–Crippen LogP) is 1.31. The van der Waals surface area contributed by atoms with E-state index in [-0.39, 0.29) is 0 Å². The molecule has 1 aromatic carbocycles. The van der Waals surface area contributed by atoms with Crippen molar-refractivity contribution in [3.8, 4) is 0 Å². The molecule has 1 aliphatic rings. The molecule has 6 heteroatoms. The molecule has 0 saturated heterocycles. The predicted molar refractivity (Wildman–Crippen MR) is 64.6 cm³/mol. The fourth-order valence-electron chi connectivity index (χ4n) is 1.20. The van der Waals surface area contributed by atoms with Crippen LogP contribution in [-0.4, -0.2) is 26.7 Å². The molecule has 6 nitrogen and oxygen atoms in total. The van der Waals surface area contributed by atoms with Gasteiger partial charge >= 0.3 is 0 Å². The first-order chi connectivity index (χ1) is 8.38. The summed E-state index contributed by atoms with van der Waals surface area (Å²) in [6.07, 6.45) is 8.90. The van der Waals surface area contributed by atoms with E-state index in [0.717, 1.165) is 4.85 Å². The van der Waals surface area contributed by atoms with Crippen LogP contribution in [0.4, 0.5) is 0 Å². The zero-order valence-electron chi connectivity index (χ0n) is 8.93. The number of allylic oxidation sites excluding steroid dienone is 2. The summed E-state index contributed by atoms with van der Waals surface area (Å²) in [4.78, 5) is 4.55. The van der Waals surface area contributed by atoms with Gasteiger partial charge in [0.05, 0.1) is 6.34 Å². The number of hydrogen-bond donors (Lipinski definition) is 2. The minimum Gasteiger partial charge on any atom is -0.410 e. The van der Waals surface area contributed by atoms with Gasteiger partial charge in [-0.15, -0.1) is 5.10 Å². The quantitative estimate of drug-likeness (QED) is 0.668. The van der Waals surface area contributed by atoms with Crippen molar-refractivity contribution in [2.24, 2.45) is 4.99 Å². The fraction of sp³-hybridized carbons (Fsp3) is 0. The van der Waals surface area contributed by atoms with E-state index < -0.39 is 0 Å². The molecule has 0 aliphatic carbocycles.